The topological polar surface area (TPSA) is 101 Å². The van der Waals surface area contributed by atoms with Crippen molar-refractivity contribution < 1.29 is 25.5 Å². The number of rotatable bonds is 3. The first-order valence-electron chi connectivity index (χ1n) is 2.84. The molecule has 0 atom stereocenters. The fourth-order valence-electron chi connectivity index (χ4n) is 0.0577. The minimum absolute atomic E-state index is 0. The van der Waals surface area contributed by atoms with Gasteiger partial charge in [-0.25, -0.2) is 0 Å². The van der Waals surface area contributed by atoms with Crippen LogP contribution in [0.4, 0.5) is 0 Å². The van der Waals surface area contributed by atoms with E-state index < -0.39 is 6.10 Å². The fraction of sp³-hybridized carbons (Fsp3) is 1.00. The number of aliphatic hydroxyl groups excluding tert-OH is 5. The second kappa shape index (κ2) is 16.6. The van der Waals surface area contributed by atoms with Crippen molar-refractivity contribution >= 4 is 12.4 Å². The lowest BCUT2D eigenvalue weighted by molar-refractivity contribution is 0.0450. The molecule has 0 radical (unpaired) electrons. The zero-order valence-corrected chi connectivity index (χ0v) is 6.87. The molecule has 0 saturated carbocycles. The molecule has 0 aliphatic heterocycles. The lowest BCUT2D eigenvalue weighted by Crippen LogP contribution is -2.15. The molecule has 0 fully saturated rings. The van der Waals surface area contributed by atoms with Crippen molar-refractivity contribution in [2.45, 2.75) is 6.10 Å². The van der Waals surface area contributed by atoms with Gasteiger partial charge in [0.15, 0.2) is 0 Å². The zero-order chi connectivity index (χ0) is 8.41. The van der Waals surface area contributed by atoms with Gasteiger partial charge in [0.1, 0.15) is 6.10 Å². The maximum absolute atomic E-state index is 8.17. The molecule has 0 aliphatic carbocycles. The second-order valence-electron chi connectivity index (χ2n) is 1.47. The molecule has 11 heavy (non-hydrogen) atoms. The molecule has 0 aromatic carbocycles. The highest BCUT2D eigenvalue weighted by molar-refractivity contribution is 5.85. The highest BCUT2D eigenvalue weighted by atomic mass is 35.5. The van der Waals surface area contributed by atoms with Gasteiger partial charge in [0.2, 0.25) is 0 Å². The van der Waals surface area contributed by atoms with Crippen molar-refractivity contribution in [2.24, 2.45) is 0 Å². The van der Waals surface area contributed by atoms with E-state index in [1.807, 2.05) is 0 Å². The summed E-state index contributed by atoms with van der Waals surface area (Å²) < 4.78 is 0. The molecule has 0 heterocycles. The maximum atomic E-state index is 8.17. The normalized spacial score (nSPS) is 8.18. The van der Waals surface area contributed by atoms with Crippen molar-refractivity contribution in [3.8, 4) is 0 Å². The van der Waals surface area contributed by atoms with Gasteiger partial charge in [-0.05, 0) is 0 Å². The van der Waals surface area contributed by atoms with E-state index in [1.165, 1.54) is 0 Å². The van der Waals surface area contributed by atoms with Crippen molar-refractivity contribution in [2.75, 3.05) is 26.4 Å². The molecule has 72 valence electrons. The largest absolute Gasteiger partial charge is 0.394 e. The monoisotopic (exact) mass is 190 g/mol. The Balaban J connectivity index is -0.000000114. The van der Waals surface area contributed by atoms with Crippen LogP contribution in [0.3, 0.4) is 0 Å². The van der Waals surface area contributed by atoms with Crippen LogP contribution in [0.15, 0.2) is 0 Å². The first kappa shape index (κ1) is 17.3. The van der Waals surface area contributed by atoms with Crippen LogP contribution in [0.2, 0.25) is 0 Å². The molecular weight excluding hydrogens is 176 g/mol. The Labute approximate surface area is 71.3 Å². The molecule has 5 nitrogen and oxygen atoms in total. The van der Waals surface area contributed by atoms with Crippen LogP contribution in [0.25, 0.3) is 0 Å². The lowest BCUT2D eigenvalue weighted by atomic mass is 10.4. The Hall–Kier alpha value is 0.0900. The van der Waals surface area contributed by atoms with Gasteiger partial charge in [0.25, 0.3) is 0 Å². The average molecular weight is 191 g/mol. The molecule has 0 rings (SSSR count). The summed E-state index contributed by atoms with van der Waals surface area (Å²) in [5.74, 6) is 0. The number of aliphatic hydroxyl groups is 5. The van der Waals surface area contributed by atoms with Gasteiger partial charge in [-0.2, -0.15) is 0 Å². The highest BCUT2D eigenvalue weighted by Gasteiger charge is 1.93. The molecule has 0 saturated heterocycles. The first-order valence-corrected chi connectivity index (χ1v) is 2.84. The smallest absolute Gasteiger partial charge is 0.100 e. The van der Waals surface area contributed by atoms with Crippen LogP contribution in [0.1, 0.15) is 0 Å². The average Bonchev–Trinajstić information content (AvgIpc) is 2.03. The summed E-state index contributed by atoms with van der Waals surface area (Å²) in [6, 6.07) is 0. The van der Waals surface area contributed by atoms with E-state index in [9.17, 15) is 0 Å². The van der Waals surface area contributed by atoms with Crippen molar-refractivity contribution in [3.05, 3.63) is 0 Å². The van der Waals surface area contributed by atoms with Crippen LogP contribution >= 0.6 is 12.4 Å². The molecule has 0 aromatic heterocycles. The van der Waals surface area contributed by atoms with Crippen LogP contribution in [0, 0.1) is 0 Å². The van der Waals surface area contributed by atoms with E-state index in [1.54, 1.807) is 0 Å². The van der Waals surface area contributed by atoms with E-state index in [4.69, 9.17) is 25.5 Å². The minimum Gasteiger partial charge on any atom is -0.394 e. The molecule has 0 amide bonds. The third-order valence-corrected chi connectivity index (χ3v) is 0.521. The van der Waals surface area contributed by atoms with E-state index in [0.717, 1.165) is 0 Å². The second-order valence-corrected chi connectivity index (χ2v) is 1.47. The van der Waals surface area contributed by atoms with E-state index >= 15 is 0 Å². The molecule has 0 aliphatic rings. The summed E-state index contributed by atoms with van der Waals surface area (Å²) in [6.45, 7) is -0.979. The van der Waals surface area contributed by atoms with Gasteiger partial charge in [-0.15, -0.1) is 12.4 Å². The summed E-state index contributed by atoms with van der Waals surface area (Å²) in [7, 11) is 0. The van der Waals surface area contributed by atoms with Crippen LogP contribution in [-0.4, -0.2) is 58.1 Å². The third kappa shape index (κ3) is 25.5. The summed E-state index contributed by atoms with van der Waals surface area (Å²) in [5.41, 5.74) is 0. The van der Waals surface area contributed by atoms with Crippen LogP contribution in [0.5, 0.6) is 0 Å². The van der Waals surface area contributed by atoms with Crippen molar-refractivity contribution in [1.29, 1.82) is 0 Å². The number of hydrogen-bond acceptors (Lipinski definition) is 5. The van der Waals surface area contributed by atoms with Gasteiger partial charge in [-0.3, -0.25) is 0 Å². The molecule has 0 aromatic rings. The van der Waals surface area contributed by atoms with Gasteiger partial charge >= 0.3 is 0 Å². The summed E-state index contributed by atoms with van der Waals surface area (Å²) in [5, 5.41) is 39.3. The Bertz CT molecular complexity index is 48.1. The molecule has 0 unspecified atom stereocenters. The van der Waals surface area contributed by atoms with Gasteiger partial charge in [0.05, 0.1) is 26.4 Å². The highest BCUT2D eigenvalue weighted by Crippen LogP contribution is 1.71. The van der Waals surface area contributed by atoms with Gasteiger partial charge < -0.3 is 25.5 Å². The maximum Gasteiger partial charge on any atom is 0.100 e. The predicted octanol–water partition coefficient (Wildman–Crippen LogP) is -2.28. The van der Waals surface area contributed by atoms with E-state index in [-0.39, 0.29) is 38.8 Å². The Kier molecular flexibility index (Phi) is 26.0. The van der Waals surface area contributed by atoms with Crippen molar-refractivity contribution in [3.63, 3.8) is 0 Å². The molecule has 0 spiro atoms. The molecule has 0 bridgehead atoms. The Morgan fingerprint density at radius 3 is 1.09 bits per heavy atom. The predicted molar refractivity (Wildman–Crippen MR) is 41.6 cm³/mol. The summed E-state index contributed by atoms with van der Waals surface area (Å²) >= 11 is 0. The number of halogens is 1. The zero-order valence-electron chi connectivity index (χ0n) is 6.05. The van der Waals surface area contributed by atoms with Gasteiger partial charge in [0, 0.05) is 0 Å². The molecule has 6 heteroatoms. The van der Waals surface area contributed by atoms with Crippen LogP contribution in [-0.2, 0) is 0 Å². The first-order chi connectivity index (χ1) is 4.72. The SMILES string of the molecule is Cl.OCC(O)CO.OCCO. The third-order valence-electron chi connectivity index (χ3n) is 0.521. The standard InChI is InChI=1S/C3H8O3.C2H6O2.ClH/c4-1-3(6)2-5;3-1-2-4;/h3-6H,1-2H2;3-4H,1-2H2;1H. The lowest BCUT2D eigenvalue weighted by Gasteiger charge is -1.96. The Morgan fingerprint density at radius 2 is 1.09 bits per heavy atom. The molecular formula is C5H15ClO5. The van der Waals surface area contributed by atoms with E-state index in [2.05, 4.69) is 0 Å². The van der Waals surface area contributed by atoms with E-state index in [0.29, 0.717) is 0 Å². The fourth-order valence-corrected chi connectivity index (χ4v) is 0.0577. The summed E-state index contributed by atoms with van der Waals surface area (Å²) in [6.07, 6.45) is -0.954. The minimum atomic E-state index is -0.954. The van der Waals surface area contributed by atoms with Crippen LogP contribution < -0.4 is 0 Å². The van der Waals surface area contributed by atoms with Gasteiger partial charge in [-0.1, -0.05) is 0 Å². The number of hydrogen-bond donors (Lipinski definition) is 5. The Morgan fingerprint density at radius 1 is 0.818 bits per heavy atom. The quantitative estimate of drug-likeness (QED) is 0.345. The molecule has 5 N–H and O–H groups in total. The summed E-state index contributed by atoms with van der Waals surface area (Å²) in [4.78, 5) is 0. The van der Waals surface area contributed by atoms with Crippen molar-refractivity contribution in [1.82, 2.24) is 0 Å².